The molecule has 0 aliphatic carbocycles. The van der Waals surface area contributed by atoms with Crippen LogP contribution >= 0.6 is 11.6 Å². The first kappa shape index (κ1) is 32.8. The van der Waals surface area contributed by atoms with Gasteiger partial charge in [-0.2, -0.15) is 0 Å². The second-order valence-corrected chi connectivity index (χ2v) is 15.8. The molecule has 4 heterocycles. The van der Waals surface area contributed by atoms with E-state index in [9.17, 15) is 4.79 Å². The monoisotopic (exact) mass is 664 g/mol. The zero-order valence-electron chi connectivity index (χ0n) is 28.8. The lowest BCUT2D eigenvalue weighted by Crippen LogP contribution is -2.53. The van der Waals surface area contributed by atoms with Crippen molar-refractivity contribution in [1.82, 2.24) is 19.4 Å². The summed E-state index contributed by atoms with van der Waals surface area (Å²) in [7, 11) is 0. The molecule has 3 aliphatic rings. The Balaban J connectivity index is 1.13. The molecule has 1 N–H and O–H groups in total. The van der Waals surface area contributed by atoms with Gasteiger partial charge in [-0.05, 0) is 100 Å². The molecule has 0 saturated carbocycles. The van der Waals surface area contributed by atoms with Crippen LogP contribution in [0, 0.1) is 12.3 Å². The Hall–Kier alpha value is -3.68. The summed E-state index contributed by atoms with van der Waals surface area (Å²) in [5.74, 6) is 1.03. The molecular formula is C40H49ClN6O. The average Bonchev–Trinajstić information content (AvgIpc) is 3.54. The van der Waals surface area contributed by atoms with E-state index in [0.29, 0.717) is 23.1 Å². The van der Waals surface area contributed by atoms with Gasteiger partial charge in [0.15, 0.2) is 0 Å². The molecule has 3 fully saturated rings. The number of piperidine rings is 2. The molecule has 4 atom stereocenters. The molecule has 8 heteroatoms. The number of carbonyl (C=O) groups is 1. The van der Waals surface area contributed by atoms with Crippen LogP contribution in [-0.2, 0) is 10.2 Å². The molecule has 3 aliphatic heterocycles. The normalized spacial score (nSPS) is 26.4. The van der Waals surface area contributed by atoms with E-state index in [4.69, 9.17) is 16.6 Å². The van der Waals surface area contributed by atoms with Gasteiger partial charge in [-0.3, -0.25) is 9.69 Å². The minimum absolute atomic E-state index is 0.0167. The van der Waals surface area contributed by atoms with Gasteiger partial charge >= 0.3 is 0 Å². The number of fused-ring (bicyclic) bond motifs is 3. The SMILES string of the molecule is Cc1nc2ccccc2n1C1CC2CCC(C1)N2CCC1(c2ccccc2)CCN(/C=N/C(=O)C(C)(C)C)C(Nc2ccc(Cl)cc2)C1. The third kappa shape index (κ3) is 6.64. The van der Waals surface area contributed by atoms with Crippen LogP contribution < -0.4 is 5.32 Å². The Labute approximate surface area is 290 Å². The lowest BCUT2D eigenvalue weighted by molar-refractivity contribution is -0.124. The van der Waals surface area contributed by atoms with Crippen molar-refractivity contribution in [3.63, 3.8) is 0 Å². The molecule has 2 bridgehead atoms. The number of hydrogen-bond donors (Lipinski definition) is 1. The summed E-state index contributed by atoms with van der Waals surface area (Å²) >= 11 is 6.24. The highest BCUT2D eigenvalue weighted by Gasteiger charge is 2.45. The highest BCUT2D eigenvalue weighted by molar-refractivity contribution is 6.30. The fourth-order valence-corrected chi connectivity index (χ4v) is 8.76. The molecule has 1 amide bonds. The molecule has 1 aromatic heterocycles. The Bertz CT molecular complexity index is 1750. The number of para-hydroxylation sites is 2. The average molecular weight is 665 g/mol. The largest absolute Gasteiger partial charge is 0.365 e. The molecular weight excluding hydrogens is 616 g/mol. The minimum atomic E-state index is -0.518. The number of hydrogen-bond acceptors (Lipinski definition) is 4. The number of likely N-dealkylation sites (tertiary alicyclic amines) is 1. The van der Waals surface area contributed by atoms with Crippen molar-refractivity contribution in [3.8, 4) is 0 Å². The van der Waals surface area contributed by atoms with E-state index in [1.165, 1.54) is 36.8 Å². The molecule has 0 radical (unpaired) electrons. The smallest absolute Gasteiger partial charge is 0.252 e. The molecule has 7 nitrogen and oxygen atoms in total. The third-order valence-electron chi connectivity index (χ3n) is 11.2. The number of imidazole rings is 1. The number of rotatable bonds is 8. The summed E-state index contributed by atoms with van der Waals surface area (Å²) < 4.78 is 2.53. The molecule has 252 valence electrons. The number of benzene rings is 3. The van der Waals surface area contributed by atoms with Gasteiger partial charge in [-0.25, -0.2) is 9.98 Å². The number of halogens is 1. The lowest BCUT2D eigenvalue weighted by Gasteiger charge is -2.48. The Morgan fingerprint density at radius 2 is 1.67 bits per heavy atom. The standard InChI is InChI=1S/C40H49ClN6O/c1-28-43-35-12-8-9-13-36(35)47(28)34-24-32-18-19-33(25-34)46(32)23-21-40(29-10-6-5-7-11-29)20-22-45(27-42-38(48)39(2,3)4)37(26-40)44-31-16-14-30(41)15-17-31/h5-17,27,32-34,37,44H,18-26H2,1-4H3/b42-27+. The van der Waals surface area contributed by atoms with Crippen LogP contribution in [0.2, 0.25) is 5.02 Å². The summed E-state index contributed by atoms with van der Waals surface area (Å²) in [6.07, 6.45) is 9.66. The van der Waals surface area contributed by atoms with Gasteiger partial charge in [0.2, 0.25) is 0 Å². The summed E-state index contributed by atoms with van der Waals surface area (Å²) in [4.78, 5) is 27.2. The molecule has 4 aromatic rings. The van der Waals surface area contributed by atoms with Crippen LogP contribution in [0.3, 0.4) is 0 Å². The van der Waals surface area contributed by atoms with Crippen LogP contribution in [0.5, 0.6) is 0 Å². The van der Waals surface area contributed by atoms with Crippen LogP contribution in [-0.4, -0.2) is 62.9 Å². The molecule has 3 saturated heterocycles. The van der Waals surface area contributed by atoms with Crippen molar-refractivity contribution in [3.05, 3.63) is 95.3 Å². The summed E-state index contributed by atoms with van der Waals surface area (Å²) in [6, 6.07) is 29.3. The van der Waals surface area contributed by atoms with Crippen molar-refractivity contribution in [1.29, 1.82) is 0 Å². The van der Waals surface area contributed by atoms with Crippen LogP contribution in [0.4, 0.5) is 5.69 Å². The van der Waals surface area contributed by atoms with Gasteiger partial charge in [-0.1, -0.05) is 74.8 Å². The maximum atomic E-state index is 12.8. The van der Waals surface area contributed by atoms with Gasteiger partial charge in [-0.15, -0.1) is 0 Å². The van der Waals surface area contributed by atoms with E-state index in [0.717, 1.165) is 49.4 Å². The van der Waals surface area contributed by atoms with Gasteiger partial charge in [0.1, 0.15) is 12.0 Å². The first-order valence-corrected chi connectivity index (χ1v) is 18.1. The number of nitrogens with zero attached hydrogens (tertiary/aromatic N) is 5. The zero-order valence-corrected chi connectivity index (χ0v) is 29.5. The summed E-state index contributed by atoms with van der Waals surface area (Å²) in [5, 5.41) is 4.51. The maximum absolute atomic E-state index is 12.8. The molecule has 48 heavy (non-hydrogen) atoms. The van der Waals surface area contributed by atoms with Gasteiger partial charge in [0.05, 0.1) is 17.4 Å². The Morgan fingerprint density at radius 3 is 2.38 bits per heavy atom. The predicted octanol–water partition coefficient (Wildman–Crippen LogP) is 8.63. The maximum Gasteiger partial charge on any atom is 0.252 e. The first-order valence-electron chi connectivity index (χ1n) is 17.7. The van der Waals surface area contributed by atoms with Gasteiger partial charge < -0.3 is 14.8 Å². The first-order chi connectivity index (χ1) is 23.1. The highest BCUT2D eigenvalue weighted by atomic mass is 35.5. The van der Waals surface area contributed by atoms with Crippen molar-refractivity contribution in [2.75, 3.05) is 18.4 Å². The summed E-state index contributed by atoms with van der Waals surface area (Å²) in [5.41, 5.74) is 4.26. The van der Waals surface area contributed by atoms with E-state index in [-0.39, 0.29) is 17.5 Å². The van der Waals surface area contributed by atoms with Gasteiger partial charge in [0, 0.05) is 46.2 Å². The van der Waals surface area contributed by atoms with E-state index >= 15 is 0 Å². The molecule has 0 spiro atoms. The van der Waals surface area contributed by atoms with Gasteiger partial charge in [0.25, 0.3) is 5.91 Å². The number of aryl methyl sites for hydroxylation is 1. The number of aromatic nitrogens is 2. The van der Waals surface area contributed by atoms with Crippen LogP contribution in [0.1, 0.15) is 83.1 Å². The number of anilines is 1. The number of nitrogens with one attached hydrogen (secondary N) is 1. The van der Waals surface area contributed by atoms with Crippen molar-refractivity contribution in [2.45, 2.75) is 102 Å². The predicted molar refractivity (Wildman–Crippen MR) is 197 cm³/mol. The second-order valence-electron chi connectivity index (χ2n) is 15.3. The van der Waals surface area contributed by atoms with E-state index in [1.807, 2.05) is 45.0 Å². The number of carbonyl (C=O) groups excluding carboxylic acids is 1. The quantitative estimate of drug-likeness (QED) is 0.151. The number of amides is 1. The third-order valence-corrected chi connectivity index (χ3v) is 11.5. The highest BCUT2D eigenvalue weighted by Crippen LogP contribution is 2.46. The summed E-state index contributed by atoms with van der Waals surface area (Å²) in [6.45, 7) is 9.82. The second kappa shape index (κ2) is 13.3. The number of aliphatic imine (C=N–C) groups is 1. The van der Waals surface area contributed by atoms with Crippen LogP contribution in [0.15, 0.2) is 83.9 Å². The molecule has 7 rings (SSSR count). The Kier molecular flexibility index (Phi) is 9.12. The van der Waals surface area contributed by atoms with Crippen LogP contribution in [0.25, 0.3) is 11.0 Å². The van der Waals surface area contributed by atoms with E-state index in [2.05, 4.69) is 86.2 Å². The zero-order chi connectivity index (χ0) is 33.5. The van der Waals surface area contributed by atoms with E-state index < -0.39 is 5.41 Å². The minimum Gasteiger partial charge on any atom is -0.365 e. The van der Waals surface area contributed by atoms with Crippen molar-refractivity contribution < 1.29 is 4.79 Å². The van der Waals surface area contributed by atoms with E-state index in [1.54, 1.807) is 6.34 Å². The molecule has 4 unspecified atom stereocenters. The lowest BCUT2D eigenvalue weighted by atomic mass is 9.69. The Morgan fingerprint density at radius 1 is 0.979 bits per heavy atom. The molecule has 3 aromatic carbocycles. The topological polar surface area (TPSA) is 65.8 Å². The van der Waals surface area contributed by atoms with Crippen molar-refractivity contribution in [2.24, 2.45) is 10.4 Å². The van der Waals surface area contributed by atoms with Crippen molar-refractivity contribution >= 4 is 40.6 Å². The fourth-order valence-electron chi connectivity index (χ4n) is 8.63. The fraction of sp³-hybridized carbons (Fsp3) is 0.475.